The maximum absolute atomic E-state index is 11.7. The first kappa shape index (κ1) is 13.9. The molecule has 0 atom stereocenters. The summed E-state index contributed by atoms with van der Waals surface area (Å²) < 4.78 is 10.4. The van der Waals surface area contributed by atoms with Crippen LogP contribution in [0.15, 0.2) is 28.8 Å². The van der Waals surface area contributed by atoms with Crippen molar-refractivity contribution in [2.75, 3.05) is 12.3 Å². The fourth-order valence-corrected chi connectivity index (χ4v) is 1.75. The van der Waals surface area contributed by atoms with Gasteiger partial charge in [-0.25, -0.2) is 0 Å². The number of rotatable bonds is 5. The van der Waals surface area contributed by atoms with Crippen LogP contribution in [0.3, 0.4) is 0 Å². The second kappa shape index (κ2) is 6.10. The first-order valence-corrected chi connectivity index (χ1v) is 6.23. The Labute approximate surface area is 116 Å². The highest BCUT2D eigenvalue weighted by Crippen LogP contribution is 2.14. The van der Waals surface area contributed by atoms with Crippen molar-refractivity contribution in [3.63, 3.8) is 0 Å². The third-order valence-electron chi connectivity index (χ3n) is 2.87. The lowest BCUT2D eigenvalue weighted by atomic mass is 10.2. The Morgan fingerprint density at radius 1 is 1.45 bits per heavy atom. The van der Waals surface area contributed by atoms with Crippen molar-refractivity contribution in [1.29, 1.82) is 0 Å². The summed E-state index contributed by atoms with van der Waals surface area (Å²) in [6.45, 7) is 3.96. The van der Waals surface area contributed by atoms with Gasteiger partial charge in [0.25, 0.3) is 5.91 Å². The van der Waals surface area contributed by atoms with E-state index >= 15 is 0 Å². The predicted molar refractivity (Wildman–Crippen MR) is 74.2 cm³/mol. The number of aryl methyl sites for hydroxylation is 2. The number of carbonyl (C=O) groups is 1. The number of nitrogen functional groups attached to an aromatic ring is 1. The molecular weight excluding hydrogens is 258 g/mol. The molecule has 0 fully saturated rings. The normalized spacial score (nSPS) is 10.3. The van der Waals surface area contributed by atoms with Crippen LogP contribution in [0.25, 0.3) is 0 Å². The molecule has 1 aromatic heterocycles. The van der Waals surface area contributed by atoms with Crippen molar-refractivity contribution < 1.29 is 14.1 Å². The minimum absolute atomic E-state index is 0.0627. The second-order valence-electron chi connectivity index (χ2n) is 4.44. The van der Waals surface area contributed by atoms with Gasteiger partial charge >= 0.3 is 0 Å². The number of ether oxygens (including phenoxy) is 1. The summed E-state index contributed by atoms with van der Waals surface area (Å²) in [5, 5.41) is 6.58. The van der Waals surface area contributed by atoms with Gasteiger partial charge in [0.1, 0.15) is 11.5 Å². The van der Waals surface area contributed by atoms with E-state index < -0.39 is 0 Å². The zero-order chi connectivity index (χ0) is 14.5. The zero-order valence-electron chi connectivity index (χ0n) is 11.5. The van der Waals surface area contributed by atoms with E-state index in [0.717, 1.165) is 11.3 Å². The molecule has 0 aliphatic rings. The lowest BCUT2D eigenvalue weighted by molar-refractivity contribution is -0.123. The van der Waals surface area contributed by atoms with E-state index in [0.29, 0.717) is 23.7 Å². The van der Waals surface area contributed by atoms with Crippen LogP contribution in [0.1, 0.15) is 17.0 Å². The predicted octanol–water partition coefficient (Wildman–Crippen LogP) is 1.57. The maximum atomic E-state index is 11.7. The number of hydrogen-bond acceptors (Lipinski definition) is 5. The average molecular weight is 275 g/mol. The summed E-state index contributed by atoms with van der Waals surface area (Å²) in [4.78, 5) is 11.7. The number of anilines is 1. The van der Waals surface area contributed by atoms with Crippen LogP contribution < -0.4 is 15.8 Å². The monoisotopic (exact) mass is 275 g/mol. The van der Waals surface area contributed by atoms with Crippen LogP contribution >= 0.6 is 0 Å². The number of carbonyl (C=O) groups excluding carboxylic acids is 1. The van der Waals surface area contributed by atoms with Gasteiger partial charge in [0.2, 0.25) is 0 Å². The molecule has 0 spiro atoms. The molecule has 3 N–H and O–H groups in total. The average Bonchev–Trinajstić information content (AvgIpc) is 2.74. The highest BCUT2D eigenvalue weighted by Gasteiger charge is 2.10. The van der Waals surface area contributed by atoms with Gasteiger partial charge in [0.15, 0.2) is 6.61 Å². The van der Waals surface area contributed by atoms with E-state index in [-0.39, 0.29) is 12.5 Å². The lowest BCUT2D eigenvalue weighted by Gasteiger charge is -2.07. The van der Waals surface area contributed by atoms with Crippen LogP contribution in [0.5, 0.6) is 5.75 Å². The van der Waals surface area contributed by atoms with Gasteiger partial charge in [0, 0.05) is 23.9 Å². The molecule has 2 rings (SSSR count). The maximum Gasteiger partial charge on any atom is 0.258 e. The summed E-state index contributed by atoms with van der Waals surface area (Å²) in [5.41, 5.74) is 7.89. The highest BCUT2D eigenvalue weighted by atomic mass is 16.5. The molecule has 0 saturated carbocycles. The largest absolute Gasteiger partial charge is 0.484 e. The lowest BCUT2D eigenvalue weighted by Crippen LogP contribution is -2.28. The van der Waals surface area contributed by atoms with Crippen molar-refractivity contribution in [3.8, 4) is 5.75 Å². The third-order valence-corrected chi connectivity index (χ3v) is 2.87. The van der Waals surface area contributed by atoms with E-state index in [1.54, 1.807) is 24.3 Å². The molecule has 0 radical (unpaired) electrons. The number of benzene rings is 1. The molecule has 20 heavy (non-hydrogen) atoms. The zero-order valence-corrected chi connectivity index (χ0v) is 11.5. The van der Waals surface area contributed by atoms with Gasteiger partial charge in [-0.1, -0.05) is 11.2 Å². The Morgan fingerprint density at radius 3 is 2.90 bits per heavy atom. The Morgan fingerprint density at radius 2 is 2.25 bits per heavy atom. The SMILES string of the molecule is Cc1noc(C)c1CNC(=O)COc1cccc(N)c1. The van der Waals surface area contributed by atoms with Crippen LogP contribution in [-0.2, 0) is 11.3 Å². The van der Waals surface area contributed by atoms with Crippen LogP contribution in [0.4, 0.5) is 5.69 Å². The summed E-state index contributed by atoms with van der Waals surface area (Å²) in [7, 11) is 0. The highest BCUT2D eigenvalue weighted by molar-refractivity contribution is 5.77. The third kappa shape index (κ3) is 3.50. The molecule has 6 heteroatoms. The Bertz CT molecular complexity index is 588. The molecular formula is C14H17N3O3. The van der Waals surface area contributed by atoms with Crippen molar-refractivity contribution >= 4 is 11.6 Å². The molecule has 1 aromatic carbocycles. The quantitative estimate of drug-likeness (QED) is 0.808. The summed E-state index contributed by atoms with van der Waals surface area (Å²) in [5.74, 6) is 1.06. The Kier molecular flexibility index (Phi) is 4.24. The van der Waals surface area contributed by atoms with Gasteiger partial charge in [-0.05, 0) is 26.0 Å². The molecule has 0 aliphatic carbocycles. The topological polar surface area (TPSA) is 90.4 Å². The minimum Gasteiger partial charge on any atom is -0.484 e. The summed E-state index contributed by atoms with van der Waals surface area (Å²) in [6.07, 6.45) is 0. The Balaban J connectivity index is 1.81. The number of nitrogens with two attached hydrogens (primary N) is 1. The van der Waals surface area contributed by atoms with Gasteiger partial charge < -0.3 is 20.3 Å². The van der Waals surface area contributed by atoms with E-state index in [1.807, 2.05) is 13.8 Å². The second-order valence-corrected chi connectivity index (χ2v) is 4.44. The van der Waals surface area contributed by atoms with Crippen molar-refractivity contribution in [2.24, 2.45) is 0 Å². The molecule has 6 nitrogen and oxygen atoms in total. The number of amides is 1. The molecule has 0 saturated heterocycles. The first-order valence-electron chi connectivity index (χ1n) is 6.23. The van der Waals surface area contributed by atoms with Crippen LogP contribution in [0.2, 0.25) is 0 Å². The van der Waals surface area contributed by atoms with Gasteiger partial charge in [-0.15, -0.1) is 0 Å². The molecule has 2 aromatic rings. The van der Waals surface area contributed by atoms with Crippen molar-refractivity contribution in [3.05, 3.63) is 41.3 Å². The molecule has 0 aliphatic heterocycles. The molecule has 0 bridgehead atoms. The molecule has 1 amide bonds. The fourth-order valence-electron chi connectivity index (χ4n) is 1.75. The fraction of sp³-hybridized carbons (Fsp3) is 0.286. The van der Waals surface area contributed by atoms with Crippen LogP contribution in [0, 0.1) is 13.8 Å². The van der Waals surface area contributed by atoms with E-state index in [9.17, 15) is 4.79 Å². The first-order chi connectivity index (χ1) is 9.56. The molecule has 0 unspecified atom stereocenters. The van der Waals surface area contributed by atoms with Crippen LogP contribution in [-0.4, -0.2) is 17.7 Å². The standard InChI is InChI=1S/C14H17N3O3/c1-9-13(10(2)20-17-9)7-16-14(18)8-19-12-5-3-4-11(15)6-12/h3-6H,7-8,15H2,1-2H3,(H,16,18). The van der Waals surface area contributed by atoms with Crippen molar-refractivity contribution in [1.82, 2.24) is 10.5 Å². The number of hydrogen-bond donors (Lipinski definition) is 2. The van der Waals surface area contributed by atoms with E-state index in [1.165, 1.54) is 0 Å². The number of aromatic nitrogens is 1. The van der Waals surface area contributed by atoms with Crippen molar-refractivity contribution in [2.45, 2.75) is 20.4 Å². The number of nitrogens with zero attached hydrogens (tertiary/aromatic N) is 1. The van der Waals surface area contributed by atoms with E-state index in [4.69, 9.17) is 15.0 Å². The smallest absolute Gasteiger partial charge is 0.258 e. The molecule has 106 valence electrons. The molecule has 1 heterocycles. The van der Waals surface area contributed by atoms with Gasteiger partial charge in [-0.3, -0.25) is 4.79 Å². The number of nitrogens with one attached hydrogen (secondary N) is 1. The van der Waals surface area contributed by atoms with Gasteiger partial charge in [0.05, 0.1) is 5.69 Å². The summed E-state index contributed by atoms with van der Waals surface area (Å²) in [6, 6.07) is 6.94. The summed E-state index contributed by atoms with van der Waals surface area (Å²) >= 11 is 0. The Hall–Kier alpha value is -2.50. The minimum atomic E-state index is -0.215. The van der Waals surface area contributed by atoms with Gasteiger partial charge in [-0.2, -0.15) is 0 Å². The van der Waals surface area contributed by atoms with E-state index in [2.05, 4.69) is 10.5 Å².